The largest absolute Gasteiger partial charge is 0.493 e. The van der Waals surface area contributed by atoms with E-state index < -0.39 is 4.92 Å². The van der Waals surface area contributed by atoms with Gasteiger partial charge in [-0.25, -0.2) is 0 Å². The Morgan fingerprint density at radius 1 is 1.35 bits per heavy atom. The van der Waals surface area contributed by atoms with Gasteiger partial charge in [0.05, 0.1) is 18.1 Å². The van der Waals surface area contributed by atoms with Crippen LogP contribution in [0.15, 0.2) is 22.7 Å². The van der Waals surface area contributed by atoms with Crippen LogP contribution in [0.3, 0.4) is 0 Å². The first kappa shape index (κ1) is 16.7. The SMILES string of the molecule is COc1ccc([N+](=O)[O-])cc1OCc1nc(CCC(C)C)no1. The summed E-state index contributed by atoms with van der Waals surface area (Å²) in [4.78, 5) is 14.6. The molecule has 124 valence electrons. The molecule has 0 aliphatic carbocycles. The van der Waals surface area contributed by atoms with Crippen LogP contribution in [0, 0.1) is 16.0 Å². The van der Waals surface area contributed by atoms with Crippen molar-refractivity contribution in [2.45, 2.75) is 33.3 Å². The Morgan fingerprint density at radius 3 is 2.78 bits per heavy atom. The average molecular weight is 321 g/mol. The molecule has 1 aromatic heterocycles. The molecule has 0 aliphatic heterocycles. The highest BCUT2D eigenvalue weighted by Crippen LogP contribution is 2.31. The quantitative estimate of drug-likeness (QED) is 0.543. The summed E-state index contributed by atoms with van der Waals surface area (Å²) in [5, 5.41) is 14.7. The van der Waals surface area contributed by atoms with Crippen LogP contribution < -0.4 is 9.47 Å². The summed E-state index contributed by atoms with van der Waals surface area (Å²) in [7, 11) is 1.46. The summed E-state index contributed by atoms with van der Waals surface area (Å²) in [6.45, 7) is 4.27. The zero-order chi connectivity index (χ0) is 16.8. The van der Waals surface area contributed by atoms with Gasteiger partial charge in [-0.2, -0.15) is 4.98 Å². The molecule has 0 aliphatic rings. The van der Waals surface area contributed by atoms with Crippen LogP contribution in [0.4, 0.5) is 5.69 Å². The van der Waals surface area contributed by atoms with E-state index in [1.165, 1.54) is 25.3 Å². The monoisotopic (exact) mass is 321 g/mol. The van der Waals surface area contributed by atoms with E-state index in [4.69, 9.17) is 14.0 Å². The van der Waals surface area contributed by atoms with Gasteiger partial charge in [-0.1, -0.05) is 19.0 Å². The van der Waals surface area contributed by atoms with Crippen molar-refractivity contribution in [3.05, 3.63) is 40.0 Å². The third-order valence-electron chi connectivity index (χ3n) is 3.16. The number of methoxy groups -OCH3 is 1. The molecular formula is C15H19N3O5. The van der Waals surface area contributed by atoms with Crippen LogP contribution in [0.5, 0.6) is 11.5 Å². The summed E-state index contributed by atoms with van der Waals surface area (Å²) < 4.78 is 15.8. The van der Waals surface area contributed by atoms with Gasteiger partial charge in [-0.05, 0) is 18.4 Å². The summed E-state index contributed by atoms with van der Waals surface area (Å²) in [6.07, 6.45) is 1.71. The van der Waals surface area contributed by atoms with E-state index in [1.54, 1.807) is 0 Å². The van der Waals surface area contributed by atoms with Crippen molar-refractivity contribution in [2.75, 3.05) is 7.11 Å². The molecule has 0 unspecified atom stereocenters. The highest BCUT2D eigenvalue weighted by Gasteiger charge is 2.14. The molecule has 0 fully saturated rings. The summed E-state index contributed by atoms with van der Waals surface area (Å²) in [5.41, 5.74) is -0.0797. The zero-order valence-corrected chi connectivity index (χ0v) is 13.3. The standard InChI is InChI=1S/C15H19N3O5/c1-10(2)4-7-14-16-15(23-17-14)9-22-13-8-11(18(19)20)5-6-12(13)21-3/h5-6,8,10H,4,7,9H2,1-3H3. The van der Waals surface area contributed by atoms with Gasteiger partial charge in [-0.15, -0.1) is 0 Å². The molecule has 1 aromatic carbocycles. The average Bonchev–Trinajstić information content (AvgIpc) is 2.98. The lowest BCUT2D eigenvalue weighted by Gasteiger charge is -2.08. The summed E-state index contributed by atoms with van der Waals surface area (Å²) >= 11 is 0. The van der Waals surface area contributed by atoms with Gasteiger partial charge in [0, 0.05) is 12.5 Å². The van der Waals surface area contributed by atoms with E-state index in [0.29, 0.717) is 23.4 Å². The lowest BCUT2D eigenvalue weighted by molar-refractivity contribution is -0.385. The zero-order valence-electron chi connectivity index (χ0n) is 13.3. The second-order valence-electron chi connectivity index (χ2n) is 5.42. The second-order valence-corrected chi connectivity index (χ2v) is 5.42. The molecule has 0 N–H and O–H groups in total. The van der Waals surface area contributed by atoms with Crippen molar-refractivity contribution in [1.29, 1.82) is 0 Å². The molecule has 1 heterocycles. The summed E-state index contributed by atoms with van der Waals surface area (Å²) in [5.74, 6) is 2.15. The Morgan fingerprint density at radius 2 is 2.13 bits per heavy atom. The maximum Gasteiger partial charge on any atom is 0.273 e. The van der Waals surface area contributed by atoms with Gasteiger partial charge in [0.1, 0.15) is 0 Å². The molecule has 2 aromatic rings. The van der Waals surface area contributed by atoms with E-state index in [2.05, 4.69) is 24.0 Å². The number of nitro groups is 1. The van der Waals surface area contributed by atoms with Crippen molar-refractivity contribution >= 4 is 5.69 Å². The molecule has 8 heteroatoms. The number of aromatic nitrogens is 2. The van der Waals surface area contributed by atoms with E-state index in [1.807, 2.05) is 0 Å². The Labute approximate surface area is 133 Å². The van der Waals surface area contributed by atoms with Crippen molar-refractivity contribution in [1.82, 2.24) is 10.1 Å². The number of hydrogen-bond acceptors (Lipinski definition) is 7. The maximum atomic E-state index is 10.8. The van der Waals surface area contributed by atoms with E-state index in [-0.39, 0.29) is 18.0 Å². The lowest BCUT2D eigenvalue weighted by atomic mass is 10.1. The topological polar surface area (TPSA) is 101 Å². The fourth-order valence-corrected chi connectivity index (χ4v) is 1.90. The minimum atomic E-state index is -0.497. The molecule has 8 nitrogen and oxygen atoms in total. The Balaban J connectivity index is 2.02. The van der Waals surface area contributed by atoms with Gasteiger partial charge >= 0.3 is 0 Å². The number of hydrogen-bond donors (Lipinski definition) is 0. The van der Waals surface area contributed by atoms with Crippen LogP contribution in [0.2, 0.25) is 0 Å². The van der Waals surface area contributed by atoms with Crippen molar-refractivity contribution < 1.29 is 18.9 Å². The highest BCUT2D eigenvalue weighted by atomic mass is 16.6. The molecule has 2 rings (SSSR count). The molecule has 0 spiro atoms. The van der Waals surface area contributed by atoms with Gasteiger partial charge in [0.2, 0.25) is 0 Å². The van der Waals surface area contributed by atoms with Crippen LogP contribution in [-0.2, 0) is 13.0 Å². The molecule has 0 saturated heterocycles. The number of rotatable bonds is 8. The molecule has 0 bridgehead atoms. The number of nitro benzene ring substituents is 1. The molecule has 0 atom stereocenters. The smallest absolute Gasteiger partial charge is 0.273 e. The van der Waals surface area contributed by atoms with E-state index >= 15 is 0 Å². The number of nitrogens with zero attached hydrogens (tertiary/aromatic N) is 3. The predicted molar refractivity (Wildman–Crippen MR) is 81.4 cm³/mol. The fraction of sp³-hybridized carbons (Fsp3) is 0.467. The predicted octanol–water partition coefficient (Wildman–Crippen LogP) is 3.15. The second kappa shape index (κ2) is 7.57. The highest BCUT2D eigenvalue weighted by molar-refractivity contribution is 5.48. The Bertz CT molecular complexity index is 669. The molecule has 0 radical (unpaired) electrons. The molecular weight excluding hydrogens is 302 g/mol. The van der Waals surface area contributed by atoms with E-state index in [9.17, 15) is 10.1 Å². The number of benzene rings is 1. The molecule has 0 saturated carbocycles. The van der Waals surface area contributed by atoms with Crippen LogP contribution in [0.25, 0.3) is 0 Å². The minimum absolute atomic E-state index is 0.0200. The minimum Gasteiger partial charge on any atom is -0.493 e. The fourth-order valence-electron chi connectivity index (χ4n) is 1.90. The molecule has 0 amide bonds. The van der Waals surface area contributed by atoms with Crippen LogP contribution in [-0.4, -0.2) is 22.2 Å². The lowest BCUT2D eigenvalue weighted by Crippen LogP contribution is -2.00. The van der Waals surface area contributed by atoms with Crippen LogP contribution in [0.1, 0.15) is 32.0 Å². The van der Waals surface area contributed by atoms with Gasteiger partial charge in [0.15, 0.2) is 23.9 Å². The first-order chi connectivity index (χ1) is 11.0. The third-order valence-corrected chi connectivity index (χ3v) is 3.16. The Hall–Kier alpha value is -2.64. The Kier molecular flexibility index (Phi) is 5.51. The first-order valence-electron chi connectivity index (χ1n) is 7.26. The van der Waals surface area contributed by atoms with Gasteiger partial charge < -0.3 is 14.0 Å². The normalized spacial score (nSPS) is 10.8. The number of ether oxygens (including phenoxy) is 2. The number of non-ortho nitro benzene ring substituents is 1. The van der Waals surface area contributed by atoms with Gasteiger partial charge in [0.25, 0.3) is 11.6 Å². The third kappa shape index (κ3) is 4.67. The first-order valence-corrected chi connectivity index (χ1v) is 7.26. The van der Waals surface area contributed by atoms with Gasteiger partial charge in [-0.3, -0.25) is 10.1 Å². The number of aryl methyl sites for hydroxylation is 1. The molecule has 23 heavy (non-hydrogen) atoms. The van der Waals surface area contributed by atoms with Crippen molar-refractivity contribution in [3.63, 3.8) is 0 Å². The maximum absolute atomic E-state index is 10.8. The van der Waals surface area contributed by atoms with Crippen LogP contribution >= 0.6 is 0 Å². The van der Waals surface area contributed by atoms with Crippen molar-refractivity contribution in [2.24, 2.45) is 5.92 Å². The summed E-state index contributed by atoms with van der Waals surface area (Å²) in [6, 6.07) is 4.13. The van der Waals surface area contributed by atoms with Crippen molar-refractivity contribution in [3.8, 4) is 11.5 Å². The van der Waals surface area contributed by atoms with E-state index in [0.717, 1.165) is 12.8 Å².